The van der Waals surface area contributed by atoms with E-state index < -0.39 is 5.97 Å². The van der Waals surface area contributed by atoms with Crippen molar-refractivity contribution in [2.45, 2.75) is 18.2 Å². The maximum Gasteiger partial charge on any atom is 0.307 e. The Morgan fingerprint density at radius 1 is 1.47 bits per heavy atom. The predicted molar refractivity (Wildman–Crippen MR) is 71.8 cm³/mol. The van der Waals surface area contributed by atoms with Crippen molar-refractivity contribution in [2.24, 2.45) is 5.92 Å². The quantitative estimate of drug-likeness (QED) is 0.865. The molecule has 2 atom stereocenters. The molecule has 1 aromatic rings. The Morgan fingerprint density at radius 2 is 2.16 bits per heavy atom. The maximum absolute atomic E-state index is 12.8. The standard InChI is InChI=1S/C14H17ClFNO2/c15-13(10-3-5-12(16)6-4-10)9-17-7-1-2-11(8-17)14(18)19/h3-6,11,13H,1-2,7-9H2,(H,18,19). The second-order valence-corrected chi connectivity index (χ2v) is 5.48. The van der Waals surface area contributed by atoms with Gasteiger partial charge in [0.15, 0.2) is 0 Å². The molecule has 0 radical (unpaired) electrons. The van der Waals surface area contributed by atoms with Gasteiger partial charge in [0.2, 0.25) is 0 Å². The minimum atomic E-state index is -0.738. The lowest BCUT2D eigenvalue weighted by Crippen LogP contribution is -2.40. The van der Waals surface area contributed by atoms with Gasteiger partial charge in [-0.3, -0.25) is 4.79 Å². The van der Waals surface area contributed by atoms with Crippen LogP contribution in [0.3, 0.4) is 0 Å². The van der Waals surface area contributed by atoms with E-state index in [1.165, 1.54) is 12.1 Å². The number of nitrogens with zero attached hydrogens (tertiary/aromatic N) is 1. The van der Waals surface area contributed by atoms with Gasteiger partial charge in [-0.2, -0.15) is 0 Å². The molecule has 2 rings (SSSR count). The van der Waals surface area contributed by atoms with Crippen LogP contribution in [0.15, 0.2) is 24.3 Å². The van der Waals surface area contributed by atoms with Crippen molar-refractivity contribution < 1.29 is 14.3 Å². The summed E-state index contributed by atoms with van der Waals surface area (Å²) in [7, 11) is 0. The van der Waals surface area contributed by atoms with Gasteiger partial charge in [-0.1, -0.05) is 12.1 Å². The number of piperidine rings is 1. The summed E-state index contributed by atoms with van der Waals surface area (Å²) in [4.78, 5) is 13.1. The highest BCUT2D eigenvalue weighted by Gasteiger charge is 2.26. The minimum Gasteiger partial charge on any atom is -0.481 e. The van der Waals surface area contributed by atoms with Crippen molar-refractivity contribution in [3.8, 4) is 0 Å². The van der Waals surface area contributed by atoms with Gasteiger partial charge in [-0.25, -0.2) is 4.39 Å². The number of benzene rings is 1. The zero-order chi connectivity index (χ0) is 13.8. The number of carbonyl (C=O) groups is 1. The normalized spacial score (nSPS) is 22.1. The first-order valence-electron chi connectivity index (χ1n) is 6.41. The number of carboxylic acid groups (broad SMARTS) is 1. The Balaban J connectivity index is 1.93. The molecule has 3 nitrogen and oxygen atoms in total. The highest BCUT2D eigenvalue weighted by atomic mass is 35.5. The lowest BCUT2D eigenvalue weighted by Gasteiger charge is -2.31. The molecule has 0 aliphatic carbocycles. The van der Waals surface area contributed by atoms with Gasteiger partial charge < -0.3 is 10.0 Å². The fraction of sp³-hybridized carbons (Fsp3) is 0.500. The monoisotopic (exact) mass is 285 g/mol. The van der Waals surface area contributed by atoms with Gasteiger partial charge in [0.1, 0.15) is 5.82 Å². The van der Waals surface area contributed by atoms with Gasteiger partial charge in [0.05, 0.1) is 11.3 Å². The van der Waals surface area contributed by atoms with E-state index in [0.717, 1.165) is 24.9 Å². The zero-order valence-electron chi connectivity index (χ0n) is 10.6. The fourth-order valence-corrected chi connectivity index (χ4v) is 2.77. The van der Waals surface area contributed by atoms with E-state index >= 15 is 0 Å². The molecular weight excluding hydrogens is 269 g/mol. The molecule has 1 aromatic carbocycles. The van der Waals surface area contributed by atoms with Crippen molar-refractivity contribution in [3.63, 3.8) is 0 Å². The van der Waals surface area contributed by atoms with Gasteiger partial charge in [-0.15, -0.1) is 11.6 Å². The topological polar surface area (TPSA) is 40.5 Å². The molecule has 0 spiro atoms. The molecular formula is C14H17ClFNO2. The van der Waals surface area contributed by atoms with Crippen LogP contribution >= 0.6 is 11.6 Å². The number of halogens is 2. The summed E-state index contributed by atoms with van der Waals surface area (Å²) in [5.74, 6) is -1.32. The van der Waals surface area contributed by atoms with E-state index in [-0.39, 0.29) is 17.1 Å². The van der Waals surface area contributed by atoms with Crippen molar-refractivity contribution in [3.05, 3.63) is 35.6 Å². The average molecular weight is 286 g/mol. The Hall–Kier alpha value is -1.13. The third kappa shape index (κ3) is 3.91. The molecule has 2 unspecified atom stereocenters. The predicted octanol–water partition coefficient (Wildman–Crippen LogP) is 2.90. The maximum atomic E-state index is 12.8. The Bertz CT molecular complexity index is 438. The van der Waals surface area contributed by atoms with Gasteiger partial charge in [0.25, 0.3) is 0 Å². The Morgan fingerprint density at radius 3 is 2.79 bits per heavy atom. The molecule has 0 saturated carbocycles. The molecule has 5 heteroatoms. The van der Waals surface area contributed by atoms with Gasteiger partial charge >= 0.3 is 5.97 Å². The molecule has 0 bridgehead atoms. The van der Waals surface area contributed by atoms with E-state index in [1.807, 2.05) is 0 Å². The van der Waals surface area contributed by atoms with Crippen LogP contribution in [0.5, 0.6) is 0 Å². The molecule has 1 heterocycles. The van der Waals surface area contributed by atoms with Crippen LogP contribution in [0.4, 0.5) is 4.39 Å². The molecule has 1 aliphatic rings. The number of rotatable bonds is 4. The average Bonchev–Trinajstić information content (AvgIpc) is 2.39. The number of aliphatic carboxylic acids is 1. The lowest BCUT2D eigenvalue weighted by atomic mass is 9.98. The molecule has 0 amide bonds. The molecule has 1 N–H and O–H groups in total. The van der Waals surface area contributed by atoms with Crippen LogP contribution in [-0.4, -0.2) is 35.6 Å². The van der Waals surface area contributed by atoms with Crippen LogP contribution in [0.25, 0.3) is 0 Å². The van der Waals surface area contributed by atoms with E-state index in [1.54, 1.807) is 12.1 Å². The highest BCUT2D eigenvalue weighted by Crippen LogP contribution is 2.25. The van der Waals surface area contributed by atoms with Gasteiger partial charge in [0, 0.05) is 13.1 Å². The SMILES string of the molecule is O=C(O)C1CCCN(CC(Cl)c2ccc(F)cc2)C1. The summed E-state index contributed by atoms with van der Waals surface area (Å²) >= 11 is 6.31. The molecule has 0 aromatic heterocycles. The lowest BCUT2D eigenvalue weighted by molar-refractivity contribution is -0.143. The second-order valence-electron chi connectivity index (χ2n) is 4.96. The Kier molecular flexibility index (Phi) is 4.77. The van der Waals surface area contributed by atoms with E-state index in [2.05, 4.69) is 4.90 Å². The first-order chi connectivity index (χ1) is 9.06. The summed E-state index contributed by atoms with van der Waals surface area (Å²) in [6, 6.07) is 6.12. The Labute approximate surface area is 117 Å². The van der Waals surface area contributed by atoms with Crippen molar-refractivity contribution in [2.75, 3.05) is 19.6 Å². The molecule has 1 aliphatic heterocycles. The fourth-order valence-electron chi connectivity index (χ4n) is 2.43. The van der Waals surface area contributed by atoms with E-state index in [0.29, 0.717) is 13.1 Å². The van der Waals surface area contributed by atoms with Crippen molar-refractivity contribution in [1.29, 1.82) is 0 Å². The highest BCUT2D eigenvalue weighted by molar-refractivity contribution is 6.21. The van der Waals surface area contributed by atoms with E-state index in [4.69, 9.17) is 16.7 Å². The first kappa shape index (κ1) is 14.3. The van der Waals surface area contributed by atoms with Crippen molar-refractivity contribution in [1.82, 2.24) is 4.90 Å². The minimum absolute atomic E-state index is 0.242. The largest absolute Gasteiger partial charge is 0.481 e. The zero-order valence-corrected chi connectivity index (χ0v) is 11.3. The van der Waals surface area contributed by atoms with Crippen LogP contribution in [0.2, 0.25) is 0 Å². The summed E-state index contributed by atoms with van der Waals surface area (Å²) < 4.78 is 12.8. The third-order valence-electron chi connectivity index (χ3n) is 3.50. The molecule has 19 heavy (non-hydrogen) atoms. The number of carboxylic acids is 1. The molecule has 104 valence electrons. The molecule has 1 fully saturated rings. The summed E-state index contributed by atoms with van der Waals surface area (Å²) in [5.41, 5.74) is 0.862. The first-order valence-corrected chi connectivity index (χ1v) is 6.84. The van der Waals surface area contributed by atoms with Crippen LogP contribution in [0, 0.1) is 11.7 Å². The van der Waals surface area contributed by atoms with Crippen molar-refractivity contribution >= 4 is 17.6 Å². The third-order valence-corrected chi connectivity index (χ3v) is 3.89. The number of hydrogen-bond donors (Lipinski definition) is 1. The number of alkyl halides is 1. The number of hydrogen-bond acceptors (Lipinski definition) is 2. The second kappa shape index (κ2) is 6.35. The summed E-state index contributed by atoms with van der Waals surface area (Å²) in [5, 5.41) is 8.79. The number of likely N-dealkylation sites (tertiary alicyclic amines) is 1. The van der Waals surface area contributed by atoms with E-state index in [9.17, 15) is 9.18 Å². The van der Waals surface area contributed by atoms with Crippen LogP contribution in [0.1, 0.15) is 23.8 Å². The summed E-state index contributed by atoms with van der Waals surface area (Å²) in [6.45, 7) is 2.00. The van der Waals surface area contributed by atoms with Gasteiger partial charge in [-0.05, 0) is 37.1 Å². The molecule has 1 saturated heterocycles. The van der Waals surface area contributed by atoms with Crippen LogP contribution < -0.4 is 0 Å². The summed E-state index contributed by atoms with van der Waals surface area (Å²) in [6.07, 6.45) is 1.61. The smallest absolute Gasteiger partial charge is 0.307 e. The van der Waals surface area contributed by atoms with Crippen LogP contribution in [-0.2, 0) is 4.79 Å².